The topological polar surface area (TPSA) is 62.6 Å². The molecule has 1 heterocycles. The average Bonchev–Trinajstić information content (AvgIpc) is 2.45. The largest absolute Gasteiger partial charge is 0.467 e. The molecule has 0 aromatic heterocycles. The van der Waals surface area contributed by atoms with Crippen LogP contribution in [-0.4, -0.2) is 38.9 Å². The van der Waals surface area contributed by atoms with Crippen LogP contribution in [0.5, 0.6) is 0 Å². The smallest absolute Gasteiger partial charge is 0.336 e. The van der Waals surface area contributed by atoms with Crippen molar-refractivity contribution in [3.8, 4) is 6.07 Å². The lowest BCUT2D eigenvalue weighted by Gasteiger charge is -2.33. The van der Waals surface area contributed by atoms with Crippen LogP contribution < -0.4 is 4.90 Å². The van der Waals surface area contributed by atoms with E-state index < -0.39 is 6.10 Å². The molecule has 0 spiro atoms. The zero-order valence-electron chi connectivity index (χ0n) is 10.4. The summed E-state index contributed by atoms with van der Waals surface area (Å²) in [5.41, 5.74) is 1.47. The number of anilines is 1. The van der Waals surface area contributed by atoms with E-state index in [4.69, 9.17) is 14.7 Å². The van der Waals surface area contributed by atoms with Crippen LogP contribution in [0.4, 0.5) is 5.69 Å². The van der Waals surface area contributed by atoms with Crippen molar-refractivity contribution in [3.63, 3.8) is 0 Å². The van der Waals surface area contributed by atoms with Crippen LogP contribution in [0.3, 0.4) is 0 Å². The zero-order valence-corrected chi connectivity index (χ0v) is 12.0. The Kier molecular flexibility index (Phi) is 4.40. The molecule has 0 amide bonds. The minimum atomic E-state index is -0.580. The summed E-state index contributed by atoms with van der Waals surface area (Å²) >= 11 is 3.38. The second-order valence-corrected chi connectivity index (χ2v) is 5.05. The Balaban J connectivity index is 2.20. The number of hydrogen-bond acceptors (Lipinski definition) is 5. The number of benzene rings is 1. The third-order valence-corrected chi connectivity index (χ3v) is 3.37. The second-order valence-electron chi connectivity index (χ2n) is 4.14. The molecule has 1 unspecified atom stereocenters. The number of ether oxygens (including phenoxy) is 2. The van der Waals surface area contributed by atoms with Gasteiger partial charge in [0.25, 0.3) is 0 Å². The molecule has 0 bridgehead atoms. The highest BCUT2D eigenvalue weighted by atomic mass is 79.9. The number of carbonyl (C=O) groups excluding carboxylic acids is 1. The van der Waals surface area contributed by atoms with Gasteiger partial charge in [-0.2, -0.15) is 5.26 Å². The highest BCUT2D eigenvalue weighted by Crippen LogP contribution is 2.24. The summed E-state index contributed by atoms with van der Waals surface area (Å²) in [4.78, 5) is 13.5. The third-order valence-electron chi connectivity index (χ3n) is 2.91. The Morgan fingerprint density at radius 3 is 3.05 bits per heavy atom. The Hall–Kier alpha value is -1.58. The van der Waals surface area contributed by atoms with Crippen LogP contribution in [0, 0.1) is 11.3 Å². The van der Waals surface area contributed by atoms with Gasteiger partial charge in [0.1, 0.15) is 0 Å². The van der Waals surface area contributed by atoms with Gasteiger partial charge in [-0.3, -0.25) is 0 Å². The first-order valence-electron chi connectivity index (χ1n) is 5.79. The number of rotatable bonds is 2. The normalized spacial score (nSPS) is 18.8. The fourth-order valence-corrected chi connectivity index (χ4v) is 2.46. The van der Waals surface area contributed by atoms with Gasteiger partial charge in [-0.1, -0.05) is 15.9 Å². The monoisotopic (exact) mass is 324 g/mol. The zero-order chi connectivity index (χ0) is 13.8. The van der Waals surface area contributed by atoms with E-state index in [1.165, 1.54) is 7.11 Å². The van der Waals surface area contributed by atoms with Crippen molar-refractivity contribution in [2.75, 3.05) is 31.7 Å². The van der Waals surface area contributed by atoms with Gasteiger partial charge in [0.2, 0.25) is 0 Å². The molecule has 1 aliphatic heterocycles. The molecular weight excluding hydrogens is 312 g/mol. The Bertz CT molecular complexity index is 527. The van der Waals surface area contributed by atoms with Crippen LogP contribution in [0.2, 0.25) is 0 Å². The van der Waals surface area contributed by atoms with Gasteiger partial charge in [-0.15, -0.1) is 0 Å². The average molecular weight is 325 g/mol. The lowest BCUT2D eigenvalue weighted by atomic mass is 10.1. The molecule has 5 nitrogen and oxygen atoms in total. The number of nitrogens with zero attached hydrogens (tertiary/aromatic N) is 2. The number of hydrogen-bond donors (Lipinski definition) is 0. The molecule has 1 atom stereocenters. The van der Waals surface area contributed by atoms with E-state index in [1.807, 2.05) is 11.0 Å². The van der Waals surface area contributed by atoms with E-state index >= 15 is 0 Å². The molecule has 0 saturated carbocycles. The Morgan fingerprint density at radius 2 is 2.37 bits per heavy atom. The van der Waals surface area contributed by atoms with Crippen molar-refractivity contribution in [3.05, 3.63) is 28.2 Å². The number of morpholine rings is 1. The van der Waals surface area contributed by atoms with Crippen molar-refractivity contribution in [1.29, 1.82) is 5.26 Å². The van der Waals surface area contributed by atoms with E-state index in [1.54, 1.807) is 12.1 Å². The van der Waals surface area contributed by atoms with Gasteiger partial charge in [0.15, 0.2) is 6.10 Å². The van der Waals surface area contributed by atoms with Crippen LogP contribution >= 0.6 is 15.9 Å². The molecule has 1 fully saturated rings. The summed E-state index contributed by atoms with van der Waals surface area (Å²) in [5, 5.41) is 8.97. The quantitative estimate of drug-likeness (QED) is 0.775. The highest BCUT2D eigenvalue weighted by molar-refractivity contribution is 9.10. The van der Waals surface area contributed by atoms with Gasteiger partial charge in [0, 0.05) is 16.7 Å². The molecule has 100 valence electrons. The van der Waals surface area contributed by atoms with Crippen LogP contribution in [0.15, 0.2) is 22.7 Å². The Labute approximate surface area is 119 Å². The van der Waals surface area contributed by atoms with Crippen molar-refractivity contribution in [2.45, 2.75) is 6.10 Å². The van der Waals surface area contributed by atoms with Gasteiger partial charge in [0.05, 0.1) is 31.9 Å². The second kappa shape index (κ2) is 6.04. The number of methoxy groups -OCH3 is 1. The molecule has 1 saturated heterocycles. The molecule has 0 aliphatic carbocycles. The molecule has 6 heteroatoms. The summed E-state index contributed by atoms with van der Waals surface area (Å²) < 4.78 is 10.9. The van der Waals surface area contributed by atoms with Crippen molar-refractivity contribution >= 4 is 27.6 Å². The fourth-order valence-electron chi connectivity index (χ4n) is 1.98. The summed E-state index contributed by atoms with van der Waals surface area (Å²) in [7, 11) is 1.34. The third kappa shape index (κ3) is 3.25. The molecule has 1 aromatic carbocycles. The minimum absolute atomic E-state index is 0.375. The summed E-state index contributed by atoms with van der Waals surface area (Å²) in [6.45, 7) is 1.55. The fraction of sp³-hybridized carbons (Fsp3) is 0.385. The summed E-state index contributed by atoms with van der Waals surface area (Å²) in [6.07, 6.45) is -0.580. The minimum Gasteiger partial charge on any atom is -0.467 e. The lowest BCUT2D eigenvalue weighted by molar-refractivity contribution is -0.154. The maximum atomic E-state index is 11.5. The van der Waals surface area contributed by atoms with Gasteiger partial charge >= 0.3 is 5.97 Å². The number of carbonyl (C=O) groups is 1. The number of halogens is 1. The van der Waals surface area contributed by atoms with E-state index in [0.29, 0.717) is 25.3 Å². The van der Waals surface area contributed by atoms with Gasteiger partial charge < -0.3 is 14.4 Å². The first-order chi connectivity index (χ1) is 9.13. The predicted octanol–water partition coefficient (Wildman–Crippen LogP) is 1.70. The molecule has 1 aromatic rings. The SMILES string of the molecule is COC(=O)C1CN(c2cc(Br)cc(C#N)c2)CCO1. The molecule has 0 radical (unpaired) electrons. The van der Waals surface area contributed by atoms with Crippen molar-refractivity contribution < 1.29 is 14.3 Å². The van der Waals surface area contributed by atoms with E-state index in [9.17, 15) is 4.79 Å². The highest BCUT2D eigenvalue weighted by Gasteiger charge is 2.27. The van der Waals surface area contributed by atoms with Crippen LogP contribution in [0.25, 0.3) is 0 Å². The summed E-state index contributed by atoms with van der Waals surface area (Å²) in [5.74, 6) is -0.375. The maximum Gasteiger partial charge on any atom is 0.336 e. The van der Waals surface area contributed by atoms with Crippen LogP contribution in [-0.2, 0) is 14.3 Å². The standard InChI is InChI=1S/C13H13BrN2O3/c1-18-13(17)12-8-16(2-3-19-12)11-5-9(7-15)4-10(14)6-11/h4-6,12H,2-3,8H2,1H3. The van der Waals surface area contributed by atoms with Gasteiger partial charge in [-0.25, -0.2) is 4.79 Å². The Morgan fingerprint density at radius 1 is 1.58 bits per heavy atom. The molecular formula is C13H13BrN2O3. The molecule has 0 N–H and O–H groups in total. The van der Waals surface area contributed by atoms with E-state index in [0.717, 1.165) is 10.2 Å². The predicted molar refractivity (Wildman–Crippen MR) is 72.8 cm³/mol. The number of nitriles is 1. The first kappa shape index (κ1) is 13.8. The summed E-state index contributed by atoms with van der Waals surface area (Å²) in [6, 6.07) is 7.58. The van der Waals surface area contributed by atoms with E-state index in [2.05, 4.69) is 22.0 Å². The molecule has 19 heavy (non-hydrogen) atoms. The number of esters is 1. The lowest BCUT2D eigenvalue weighted by Crippen LogP contribution is -2.46. The van der Waals surface area contributed by atoms with Gasteiger partial charge in [-0.05, 0) is 18.2 Å². The first-order valence-corrected chi connectivity index (χ1v) is 6.58. The van der Waals surface area contributed by atoms with Crippen LogP contribution in [0.1, 0.15) is 5.56 Å². The molecule has 1 aliphatic rings. The maximum absolute atomic E-state index is 11.5. The molecule has 2 rings (SSSR count). The van der Waals surface area contributed by atoms with Crippen molar-refractivity contribution in [1.82, 2.24) is 0 Å². The van der Waals surface area contributed by atoms with E-state index in [-0.39, 0.29) is 5.97 Å². The van der Waals surface area contributed by atoms with Crippen molar-refractivity contribution in [2.24, 2.45) is 0 Å².